The summed E-state index contributed by atoms with van der Waals surface area (Å²) in [6, 6.07) is -0.117. The second-order valence-corrected chi connectivity index (χ2v) is 6.40. The molecule has 7 heteroatoms. The van der Waals surface area contributed by atoms with Crippen LogP contribution in [0, 0.1) is 5.92 Å². The first-order chi connectivity index (χ1) is 9.92. The van der Waals surface area contributed by atoms with E-state index >= 15 is 0 Å². The van der Waals surface area contributed by atoms with Gasteiger partial charge in [-0.1, -0.05) is 23.4 Å². The van der Waals surface area contributed by atoms with Crippen LogP contribution in [0.1, 0.15) is 19.3 Å². The number of hydrogen-bond donors (Lipinski definition) is 1. The molecule has 2 aliphatic carbocycles. The third-order valence-electron chi connectivity index (χ3n) is 3.94. The van der Waals surface area contributed by atoms with Crippen molar-refractivity contribution in [3.05, 3.63) is 11.6 Å². The van der Waals surface area contributed by atoms with Gasteiger partial charge in [-0.25, -0.2) is 4.79 Å². The summed E-state index contributed by atoms with van der Waals surface area (Å²) in [6.07, 6.45) is 7.26. The third-order valence-corrected chi connectivity index (χ3v) is 4.38. The molecule has 0 spiro atoms. The molecule has 0 aromatic heterocycles. The maximum atomic E-state index is 12.4. The lowest BCUT2D eigenvalue weighted by molar-refractivity contribution is 0.217. The first kappa shape index (κ1) is 15.9. The van der Waals surface area contributed by atoms with Crippen LogP contribution >= 0.6 is 11.8 Å². The minimum absolute atomic E-state index is 0.114. The number of hydrogen-bond acceptors (Lipinski definition) is 3. The summed E-state index contributed by atoms with van der Waals surface area (Å²) < 4.78 is 0. The number of carbonyl (C=O) groups excluding carboxylic acids is 2. The van der Waals surface area contributed by atoms with Gasteiger partial charge in [0.05, 0.1) is 6.04 Å². The molecule has 0 aliphatic heterocycles. The van der Waals surface area contributed by atoms with E-state index in [0.29, 0.717) is 11.9 Å². The number of nitrogens with zero attached hydrogens (tertiary/aromatic N) is 3. The van der Waals surface area contributed by atoms with Crippen molar-refractivity contribution in [3.63, 3.8) is 0 Å². The van der Waals surface area contributed by atoms with Crippen LogP contribution in [-0.2, 0) is 0 Å². The summed E-state index contributed by atoms with van der Waals surface area (Å²) in [5.74, 6) is 0.868. The molecular formula is C14H22N4O2S. The molecule has 2 aliphatic rings. The van der Waals surface area contributed by atoms with Crippen LogP contribution in [0.15, 0.2) is 16.6 Å². The lowest BCUT2D eigenvalue weighted by Gasteiger charge is -2.27. The fourth-order valence-corrected chi connectivity index (χ4v) is 3.02. The van der Waals surface area contributed by atoms with Crippen molar-refractivity contribution in [2.75, 3.05) is 27.4 Å². The average Bonchev–Trinajstić information content (AvgIpc) is 3.05. The summed E-state index contributed by atoms with van der Waals surface area (Å²) in [5.41, 5.74) is 1.45. The van der Waals surface area contributed by atoms with Crippen molar-refractivity contribution < 1.29 is 9.59 Å². The van der Waals surface area contributed by atoms with Gasteiger partial charge < -0.3 is 10.2 Å². The molecule has 2 bridgehead atoms. The zero-order valence-corrected chi connectivity index (χ0v) is 13.7. The fourth-order valence-electron chi connectivity index (χ4n) is 2.85. The fraction of sp³-hybridized carbons (Fsp3) is 0.643. The predicted octanol–water partition coefficient (Wildman–Crippen LogP) is 2.14. The van der Waals surface area contributed by atoms with E-state index in [4.69, 9.17) is 0 Å². The van der Waals surface area contributed by atoms with Crippen LogP contribution in [0.3, 0.4) is 0 Å². The average molecular weight is 310 g/mol. The highest BCUT2D eigenvalue weighted by Gasteiger charge is 2.34. The van der Waals surface area contributed by atoms with Crippen LogP contribution in [0.25, 0.3) is 0 Å². The molecule has 3 amide bonds. The number of thioether (sulfide) groups is 1. The van der Waals surface area contributed by atoms with Gasteiger partial charge in [0.15, 0.2) is 0 Å². The smallest absolute Gasteiger partial charge is 0.324 e. The Morgan fingerprint density at radius 3 is 2.57 bits per heavy atom. The topological polar surface area (TPSA) is 65.0 Å². The van der Waals surface area contributed by atoms with Crippen molar-refractivity contribution in [3.8, 4) is 0 Å². The highest BCUT2D eigenvalue weighted by Crippen LogP contribution is 2.39. The summed E-state index contributed by atoms with van der Waals surface area (Å²) in [5, 5.41) is 2.70. The SMILES string of the molecule is CSC(=O)N=C(N(C)C)N(C)C(=O)NC1C=C2CCC1C2. The number of allylic oxidation sites excluding steroid dienone is 1. The first-order valence-corrected chi connectivity index (χ1v) is 8.22. The highest BCUT2D eigenvalue weighted by atomic mass is 32.2. The molecule has 0 saturated heterocycles. The number of amides is 3. The Kier molecular flexibility index (Phi) is 4.92. The first-order valence-electron chi connectivity index (χ1n) is 7.00. The van der Waals surface area contributed by atoms with Crippen molar-refractivity contribution in [2.24, 2.45) is 10.9 Å². The van der Waals surface area contributed by atoms with Gasteiger partial charge in [-0.15, -0.1) is 0 Å². The van der Waals surface area contributed by atoms with E-state index in [1.807, 2.05) is 0 Å². The Morgan fingerprint density at radius 2 is 2.10 bits per heavy atom. The molecule has 0 heterocycles. The number of guanidine groups is 1. The predicted molar refractivity (Wildman–Crippen MR) is 85.5 cm³/mol. The van der Waals surface area contributed by atoms with E-state index in [-0.39, 0.29) is 17.3 Å². The van der Waals surface area contributed by atoms with Crippen LogP contribution in [0.5, 0.6) is 0 Å². The normalized spacial score (nSPS) is 23.8. The number of fused-ring (bicyclic) bond motifs is 2. The Balaban J connectivity index is 2.03. The third kappa shape index (κ3) is 3.58. The van der Waals surface area contributed by atoms with Gasteiger partial charge in [-0.2, -0.15) is 4.99 Å². The summed E-state index contributed by atoms with van der Waals surface area (Å²) in [6.45, 7) is 0. The van der Waals surface area contributed by atoms with Gasteiger partial charge in [0.25, 0.3) is 0 Å². The van der Waals surface area contributed by atoms with E-state index < -0.39 is 0 Å². The van der Waals surface area contributed by atoms with Crippen LogP contribution in [0.4, 0.5) is 9.59 Å². The summed E-state index contributed by atoms with van der Waals surface area (Å²) in [7, 11) is 5.15. The molecule has 6 nitrogen and oxygen atoms in total. The van der Waals surface area contributed by atoms with Gasteiger partial charge >= 0.3 is 11.3 Å². The van der Waals surface area contributed by atoms with Crippen molar-refractivity contribution in [1.82, 2.24) is 15.1 Å². The number of aliphatic imine (C=N–C) groups is 1. The molecule has 0 aromatic rings. The Hall–Kier alpha value is -1.50. The van der Waals surface area contributed by atoms with E-state index in [9.17, 15) is 9.59 Å². The summed E-state index contributed by atoms with van der Waals surface area (Å²) >= 11 is 1.02. The Morgan fingerprint density at radius 1 is 1.38 bits per heavy atom. The molecule has 2 atom stereocenters. The lowest BCUT2D eigenvalue weighted by atomic mass is 10.0. The number of rotatable bonds is 1. The monoisotopic (exact) mass is 310 g/mol. The number of carbonyl (C=O) groups is 2. The molecule has 116 valence electrons. The maximum absolute atomic E-state index is 12.4. The van der Waals surface area contributed by atoms with Gasteiger partial charge in [-0.3, -0.25) is 9.69 Å². The van der Waals surface area contributed by atoms with Gasteiger partial charge in [0, 0.05) is 21.1 Å². The van der Waals surface area contributed by atoms with E-state index in [1.54, 1.807) is 32.3 Å². The lowest BCUT2D eigenvalue weighted by Crippen LogP contribution is -2.50. The minimum atomic E-state index is -0.319. The summed E-state index contributed by atoms with van der Waals surface area (Å²) in [4.78, 5) is 30.8. The second-order valence-electron chi connectivity index (χ2n) is 5.64. The molecule has 0 radical (unpaired) electrons. The second kappa shape index (κ2) is 6.51. The molecule has 21 heavy (non-hydrogen) atoms. The Bertz CT molecular complexity index is 501. The van der Waals surface area contributed by atoms with Crippen molar-refractivity contribution in [2.45, 2.75) is 25.3 Å². The molecule has 0 aromatic carbocycles. The van der Waals surface area contributed by atoms with E-state index in [2.05, 4.69) is 16.4 Å². The van der Waals surface area contributed by atoms with Crippen molar-refractivity contribution >= 4 is 29.0 Å². The van der Waals surface area contributed by atoms with Crippen LogP contribution in [-0.4, -0.2) is 60.5 Å². The van der Waals surface area contributed by atoms with Gasteiger partial charge in [0.1, 0.15) is 0 Å². The van der Waals surface area contributed by atoms with Crippen LogP contribution in [0.2, 0.25) is 0 Å². The van der Waals surface area contributed by atoms with Gasteiger partial charge in [-0.05, 0) is 31.4 Å². The quantitative estimate of drug-likeness (QED) is 0.458. The molecular weight excluding hydrogens is 288 g/mol. The number of urea groups is 1. The minimum Gasteiger partial charge on any atom is -0.348 e. The van der Waals surface area contributed by atoms with Crippen LogP contribution < -0.4 is 5.32 Å². The van der Waals surface area contributed by atoms with Crippen molar-refractivity contribution in [1.29, 1.82) is 0 Å². The van der Waals surface area contributed by atoms with E-state index in [0.717, 1.165) is 24.6 Å². The molecule has 1 saturated carbocycles. The molecule has 2 unspecified atom stereocenters. The molecule has 1 fully saturated rings. The Labute approximate surface area is 129 Å². The number of nitrogens with one attached hydrogen (secondary N) is 1. The van der Waals surface area contributed by atoms with E-state index in [1.165, 1.54) is 16.9 Å². The van der Waals surface area contributed by atoms with Gasteiger partial charge in [0.2, 0.25) is 5.96 Å². The molecule has 2 rings (SSSR count). The standard InChI is InChI=1S/C14H22N4O2S/c1-17(2)12(16-14(20)21-4)18(3)13(19)15-11-8-9-5-6-10(11)7-9/h8,10-11H,5-7H2,1-4H3,(H,15,19). The molecule has 1 N–H and O–H groups in total. The highest BCUT2D eigenvalue weighted by molar-refractivity contribution is 8.13. The maximum Gasteiger partial charge on any atom is 0.324 e. The zero-order valence-electron chi connectivity index (χ0n) is 12.9. The largest absolute Gasteiger partial charge is 0.348 e. The zero-order chi connectivity index (χ0) is 15.6.